The highest BCUT2D eigenvalue weighted by Crippen LogP contribution is 2.36. The standard InChI is InChI=1S/C28H25Br2N3O3S/c1-32-27(34)26(37-28(32)31-23-7-9-24(10-8-23)33-12-14-35-15-13-33)17-20-16-22(30)6-11-25(20)36-18-19-2-4-21(29)5-3-19/h2-11,16-17H,12-15,18H2,1H3/b26-17-,31-28?. The molecule has 2 aliphatic rings. The first kappa shape index (κ1) is 26.0. The van der Waals surface area contributed by atoms with E-state index in [9.17, 15) is 4.79 Å². The van der Waals surface area contributed by atoms with E-state index < -0.39 is 0 Å². The second kappa shape index (κ2) is 11.9. The van der Waals surface area contributed by atoms with E-state index in [1.807, 2.05) is 60.7 Å². The molecule has 6 nitrogen and oxygen atoms in total. The molecule has 0 unspecified atom stereocenters. The van der Waals surface area contributed by atoms with Crippen molar-refractivity contribution in [3.8, 4) is 5.75 Å². The van der Waals surface area contributed by atoms with Gasteiger partial charge in [0, 0.05) is 40.3 Å². The molecular formula is C28H25Br2N3O3S. The largest absolute Gasteiger partial charge is 0.488 e. The SMILES string of the molecule is CN1C(=O)/C(=C/c2cc(Br)ccc2OCc2ccc(Br)cc2)SC1=Nc1ccc(N2CCOCC2)cc1. The van der Waals surface area contributed by atoms with Gasteiger partial charge in [-0.3, -0.25) is 9.69 Å². The van der Waals surface area contributed by atoms with Gasteiger partial charge in [0.1, 0.15) is 12.4 Å². The molecule has 2 heterocycles. The van der Waals surface area contributed by atoms with Gasteiger partial charge in [-0.2, -0.15) is 0 Å². The summed E-state index contributed by atoms with van der Waals surface area (Å²) in [6.07, 6.45) is 1.87. The molecule has 0 spiro atoms. The first-order chi connectivity index (χ1) is 18.0. The van der Waals surface area contributed by atoms with Gasteiger partial charge in [-0.25, -0.2) is 4.99 Å². The molecule has 2 fully saturated rings. The smallest absolute Gasteiger partial charge is 0.266 e. The molecule has 3 aromatic carbocycles. The van der Waals surface area contributed by atoms with E-state index in [1.54, 1.807) is 11.9 Å². The van der Waals surface area contributed by atoms with Gasteiger partial charge in [0.2, 0.25) is 0 Å². The normalized spacial score (nSPS) is 18.2. The lowest BCUT2D eigenvalue weighted by Gasteiger charge is -2.28. The Kier molecular flexibility index (Phi) is 8.34. The summed E-state index contributed by atoms with van der Waals surface area (Å²) in [7, 11) is 1.75. The van der Waals surface area contributed by atoms with E-state index in [0.717, 1.165) is 57.8 Å². The molecule has 3 aromatic rings. The van der Waals surface area contributed by atoms with E-state index in [1.165, 1.54) is 11.8 Å². The fourth-order valence-corrected chi connectivity index (χ4v) is 5.59. The van der Waals surface area contributed by atoms with E-state index in [0.29, 0.717) is 22.4 Å². The van der Waals surface area contributed by atoms with Crippen LogP contribution in [0.4, 0.5) is 11.4 Å². The molecule has 0 N–H and O–H groups in total. The van der Waals surface area contributed by atoms with Crippen molar-refractivity contribution in [2.24, 2.45) is 4.99 Å². The maximum atomic E-state index is 13.1. The molecule has 0 atom stereocenters. The van der Waals surface area contributed by atoms with Crippen LogP contribution in [-0.2, 0) is 16.1 Å². The van der Waals surface area contributed by atoms with E-state index >= 15 is 0 Å². The third-order valence-electron chi connectivity index (χ3n) is 6.02. The average Bonchev–Trinajstić information content (AvgIpc) is 3.17. The van der Waals surface area contributed by atoms with Gasteiger partial charge in [0.25, 0.3) is 5.91 Å². The van der Waals surface area contributed by atoms with Crippen molar-refractivity contribution in [1.29, 1.82) is 0 Å². The molecule has 9 heteroatoms. The fourth-order valence-electron chi connectivity index (χ4n) is 3.97. The molecule has 190 valence electrons. The number of ether oxygens (including phenoxy) is 2. The summed E-state index contributed by atoms with van der Waals surface area (Å²) in [5.74, 6) is 0.617. The van der Waals surface area contributed by atoms with Crippen molar-refractivity contribution in [3.63, 3.8) is 0 Å². The van der Waals surface area contributed by atoms with Gasteiger partial charge >= 0.3 is 0 Å². The Morgan fingerprint density at radius 2 is 1.70 bits per heavy atom. The highest BCUT2D eigenvalue weighted by atomic mass is 79.9. The monoisotopic (exact) mass is 641 g/mol. The predicted molar refractivity (Wildman–Crippen MR) is 158 cm³/mol. The third kappa shape index (κ3) is 6.46. The van der Waals surface area contributed by atoms with Crippen molar-refractivity contribution in [2.75, 3.05) is 38.3 Å². The Morgan fingerprint density at radius 3 is 2.43 bits per heavy atom. The molecule has 0 bridgehead atoms. The second-order valence-corrected chi connectivity index (χ2v) is 11.4. The van der Waals surface area contributed by atoms with Crippen molar-refractivity contribution in [1.82, 2.24) is 4.90 Å². The number of amidine groups is 1. The zero-order chi connectivity index (χ0) is 25.8. The van der Waals surface area contributed by atoms with Crippen molar-refractivity contribution < 1.29 is 14.3 Å². The van der Waals surface area contributed by atoms with Gasteiger partial charge in [0.15, 0.2) is 5.17 Å². The molecule has 2 aliphatic heterocycles. The minimum atomic E-state index is -0.0903. The fraction of sp³-hybridized carbons (Fsp3) is 0.214. The van der Waals surface area contributed by atoms with Crippen molar-refractivity contribution >= 4 is 72.1 Å². The number of carbonyl (C=O) groups is 1. The van der Waals surface area contributed by atoms with Crippen LogP contribution >= 0.6 is 43.6 Å². The van der Waals surface area contributed by atoms with Crippen LogP contribution in [0.15, 0.2) is 85.6 Å². The summed E-state index contributed by atoms with van der Waals surface area (Å²) < 4.78 is 13.5. The Balaban J connectivity index is 1.33. The van der Waals surface area contributed by atoms with Crippen LogP contribution in [-0.4, -0.2) is 49.3 Å². The first-order valence-corrected chi connectivity index (χ1v) is 14.2. The lowest BCUT2D eigenvalue weighted by molar-refractivity contribution is -0.121. The number of hydrogen-bond acceptors (Lipinski definition) is 6. The lowest BCUT2D eigenvalue weighted by atomic mass is 10.1. The number of morpholine rings is 1. The van der Waals surface area contributed by atoms with Crippen LogP contribution in [0.25, 0.3) is 6.08 Å². The van der Waals surface area contributed by atoms with Crippen LogP contribution in [0.5, 0.6) is 5.75 Å². The summed E-state index contributed by atoms with van der Waals surface area (Å²) >= 11 is 8.36. The van der Waals surface area contributed by atoms with E-state index in [2.05, 4.69) is 48.9 Å². The average molecular weight is 643 g/mol. The zero-order valence-corrected chi connectivity index (χ0v) is 24.2. The third-order valence-corrected chi connectivity index (χ3v) is 8.10. The van der Waals surface area contributed by atoms with Crippen LogP contribution in [0.3, 0.4) is 0 Å². The molecule has 2 saturated heterocycles. The number of anilines is 1. The number of nitrogens with zero attached hydrogens (tertiary/aromatic N) is 3. The van der Waals surface area contributed by atoms with E-state index in [-0.39, 0.29) is 5.91 Å². The highest BCUT2D eigenvalue weighted by Gasteiger charge is 2.30. The van der Waals surface area contributed by atoms with Crippen LogP contribution in [0, 0.1) is 0 Å². The van der Waals surface area contributed by atoms with Gasteiger partial charge in [0.05, 0.1) is 23.8 Å². The number of likely N-dealkylation sites (N-methyl/N-ethyl adjacent to an activating group) is 1. The van der Waals surface area contributed by atoms with Gasteiger partial charge in [-0.1, -0.05) is 44.0 Å². The summed E-state index contributed by atoms with van der Waals surface area (Å²) in [6.45, 7) is 3.70. The summed E-state index contributed by atoms with van der Waals surface area (Å²) in [5, 5.41) is 0.641. The number of hydrogen-bond donors (Lipinski definition) is 0. The van der Waals surface area contributed by atoms with Gasteiger partial charge in [-0.15, -0.1) is 0 Å². The Hall–Kier alpha value is -2.59. The molecule has 0 saturated carbocycles. The van der Waals surface area contributed by atoms with Gasteiger partial charge < -0.3 is 14.4 Å². The Labute approximate surface area is 237 Å². The molecule has 1 amide bonds. The van der Waals surface area contributed by atoms with E-state index in [4.69, 9.17) is 14.5 Å². The summed E-state index contributed by atoms with van der Waals surface area (Å²) in [5.41, 5.74) is 3.85. The number of aliphatic imine (C=N–C) groups is 1. The second-order valence-electron chi connectivity index (χ2n) is 8.58. The number of thioether (sulfide) groups is 1. The number of halogens is 2. The number of benzene rings is 3. The molecule has 0 radical (unpaired) electrons. The van der Waals surface area contributed by atoms with Crippen molar-refractivity contribution in [2.45, 2.75) is 6.61 Å². The minimum absolute atomic E-state index is 0.0903. The molecular weight excluding hydrogens is 618 g/mol. The Morgan fingerprint density at radius 1 is 1.00 bits per heavy atom. The highest BCUT2D eigenvalue weighted by molar-refractivity contribution is 9.10. The minimum Gasteiger partial charge on any atom is -0.488 e. The summed E-state index contributed by atoms with van der Waals surface area (Å²) in [6, 6.07) is 21.9. The maximum absolute atomic E-state index is 13.1. The first-order valence-electron chi connectivity index (χ1n) is 11.8. The van der Waals surface area contributed by atoms with Gasteiger partial charge in [-0.05, 0) is 78.0 Å². The van der Waals surface area contributed by atoms with Crippen LogP contribution in [0.1, 0.15) is 11.1 Å². The topological polar surface area (TPSA) is 54.4 Å². The summed E-state index contributed by atoms with van der Waals surface area (Å²) in [4.78, 5) is 22.3. The molecule has 0 aliphatic carbocycles. The quantitative estimate of drug-likeness (QED) is 0.275. The number of amides is 1. The lowest BCUT2D eigenvalue weighted by Crippen LogP contribution is -2.36. The van der Waals surface area contributed by atoms with Crippen LogP contribution < -0.4 is 9.64 Å². The molecule has 37 heavy (non-hydrogen) atoms. The predicted octanol–water partition coefficient (Wildman–Crippen LogP) is 6.86. The molecule has 0 aromatic heterocycles. The zero-order valence-electron chi connectivity index (χ0n) is 20.2. The maximum Gasteiger partial charge on any atom is 0.266 e. The Bertz CT molecular complexity index is 1340. The van der Waals surface area contributed by atoms with Crippen LogP contribution in [0.2, 0.25) is 0 Å². The molecule has 5 rings (SSSR count). The number of rotatable bonds is 6. The number of carbonyl (C=O) groups excluding carboxylic acids is 1. The van der Waals surface area contributed by atoms with Crippen molar-refractivity contribution in [3.05, 3.63) is 91.7 Å².